The van der Waals surface area contributed by atoms with Crippen LogP contribution in [0.5, 0.6) is 0 Å². The van der Waals surface area contributed by atoms with E-state index in [1.54, 1.807) is 0 Å². The molecule has 0 fully saturated rings. The van der Waals surface area contributed by atoms with E-state index in [2.05, 4.69) is 4.98 Å². The normalized spacial score (nSPS) is 10.2. The van der Waals surface area contributed by atoms with Gasteiger partial charge in [-0.2, -0.15) is 0 Å². The fourth-order valence-corrected chi connectivity index (χ4v) is 1.05. The average molecular weight is 151 g/mol. The summed E-state index contributed by atoms with van der Waals surface area (Å²) in [4.78, 5) is 4.24. The molecular weight excluding hydrogens is 138 g/mol. The number of aryl methyl sites for hydroxylation is 3. The van der Waals surface area contributed by atoms with Crippen molar-refractivity contribution in [3.63, 3.8) is 0 Å². The molecule has 0 atom stereocenters. The molecule has 0 aliphatic carbocycles. The highest BCUT2D eigenvalue weighted by Crippen LogP contribution is 2.10. The lowest BCUT2D eigenvalue weighted by Crippen LogP contribution is -1.97. The molecule has 0 aliphatic rings. The zero-order valence-electron chi connectivity index (χ0n) is 7.18. The molecule has 1 aromatic heterocycles. The summed E-state index contributed by atoms with van der Waals surface area (Å²) in [5.41, 5.74) is 4.03. The molecule has 0 spiro atoms. The summed E-state index contributed by atoms with van der Waals surface area (Å²) in [6, 6.07) is 2.05. The van der Waals surface area contributed by atoms with Gasteiger partial charge in [-0.15, -0.1) is 0 Å². The van der Waals surface area contributed by atoms with E-state index in [1.807, 2.05) is 26.8 Å². The summed E-state index contributed by atoms with van der Waals surface area (Å²) < 4.78 is 0. The molecule has 0 bridgehead atoms. The second kappa shape index (κ2) is 3.01. The summed E-state index contributed by atoms with van der Waals surface area (Å²) in [5.74, 6) is 0. The number of pyridine rings is 1. The quantitative estimate of drug-likeness (QED) is 0.659. The number of aliphatic hydroxyl groups excluding tert-OH is 1. The van der Waals surface area contributed by atoms with Crippen molar-refractivity contribution < 1.29 is 5.11 Å². The number of hydrogen-bond donors (Lipinski definition) is 1. The largest absolute Gasteiger partial charge is 0.390 e. The van der Waals surface area contributed by atoms with E-state index >= 15 is 0 Å². The van der Waals surface area contributed by atoms with Crippen molar-refractivity contribution in [1.82, 2.24) is 4.98 Å². The van der Waals surface area contributed by atoms with Crippen LogP contribution in [0, 0.1) is 20.8 Å². The van der Waals surface area contributed by atoms with Gasteiger partial charge in [0.25, 0.3) is 0 Å². The van der Waals surface area contributed by atoms with Gasteiger partial charge in [-0.1, -0.05) is 6.07 Å². The molecule has 0 saturated heterocycles. The van der Waals surface area contributed by atoms with E-state index in [9.17, 15) is 0 Å². The SMILES string of the molecule is Cc1cc(C)c(CO)nc1C. The summed E-state index contributed by atoms with van der Waals surface area (Å²) in [5, 5.41) is 8.87. The van der Waals surface area contributed by atoms with Crippen LogP contribution in [-0.2, 0) is 6.61 Å². The van der Waals surface area contributed by atoms with E-state index in [0.717, 1.165) is 17.0 Å². The van der Waals surface area contributed by atoms with Gasteiger partial charge < -0.3 is 5.11 Å². The summed E-state index contributed by atoms with van der Waals surface area (Å²) in [6.07, 6.45) is 0. The molecule has 2 heteroatoms. The Balaban J connectivity index is 3.21. The Morgan fingerprint density at radius 2 is 1.91 bits per heavy atom. The topological polar surface area (TPSA) is 33.1 Å². The molecular formula is C9H13NO. The minimum absolute atomic E-state index is 0.0347. The third-order valence-electron chi connectivity index (χ3n) is 1.91. The van der Waals surface area contributed by atoms with E-state index in [1.165, 1.54) is 5.56 Å². The summed E-state index contributed by atoms with van der Waals surface area (Å²) in [6.45, 7) is 5.97. The number of rotatable bonds is 1. The smallest absolute Gasteiger partial charge is 0.0855 e. The van der Waals surface area contributed by atoms with Crippen LogP contribution in [0.15, 0.2) is 6.07 Å². The lowest BCUT2D eigenvalue weighted by Gasteiger charge is -2.05. The predicted octanol–water partition coefficient (Wildman–Crippen LogP) is 1.50. The molecule has 0 amide bonds. The minimum Gasteiger partial charge on any atom is -0.390 e. The lowest BCUT2D eigenvalue weighted by molar-refractivity contribution is 0.275. The van der Waals surface area contributed by atoms with Crippen LogP contribution in [0.2, 0.25) is 0 Å². The fraction of sp³-hybridized carbons (Fsp3) is 0.444. The van der Waals surface area contributed by atoms with E-state index in [4.69, 9.17) is 5.11 Å². The molecule has 2 nitrogen and oxygen atoms in total. The van der Waals surface area contributed by atoms with Crippen LogP contribution < -0.4 is 0 Å². The van der Waals surface area contributed by atoms with Crippen molar-refractivity contribution >= 4 is 0 Å². The van der Waals surface area contributed by atoms with Crippen LogP contribution >= 0.6 is 0 Å². The molecule has 11 heavy (non-hydrogen) atoms. The van der Waals surface area contributed by atoms with Gasteiger partial charge >= 0.3 is 0 Å². The van der Waals surface area contributed by atoms with Gasteiger partial charge in [0.1, 0.15) is 0 Å². The average Bonchev–Trinajstić information content (AvgIpc) is 1.97. The number of aromatic nitrogens is 1. The van der Waals surface area contributed by atoms with Crippen LogP contribution in [0.25, 0.3) is 0 Å². The van der Waals surface area contributed by atoms with Crippen molar-refractivity contribution in [1.29, 1.82) is 0 Å². The Hall–Kier alpha value is -0.890. The van der Waals surface area contributed by atoms with Gasteiger partial charge in [-0.05, 0) is 31.9 Å². The Morgan fingerprint density at radius 3 is 2.45 bits per heavy atom. The van der Waals surface area contributed by atoms with Crippen LogP contribution in [0.1, 0.15) is 22.5 Å². The third-order valence-corrected chi connectivity index (χ3v) is 1.91. The molecule has 1 rings (SSSR count). The van der Waals surface area contributed by atoms with Crippen LogP contribution in [-0.4, -0.2) is 10.1 Å². The molecule has 0 unspecified atom stereocenters. The minimum atomic E-state index is 0.0347. The third kappa shape index (κ3) is 1.57. The molecule has 1 N–H and O–H groups in total. The molecule has 0 saturated carbocycles. The van der Waals surface area contributed by atoms with Gasteiger partial charge in [0.15, 0.2) is 0 Å². The van der Waals surface area contributed by atoms with E-state index < -0.39 is 0 Å². The molecule has 1 heterocycles. The maximum absolute atomic E-state index is 8.87. The highest BCUT2D eigenvalue weighted by Gasteiger charge is 2.00. The standard InChI is InChI=1S/C9H13NO/c1-6-4-7(2)9(5-11)10-8(6)3/h4,11H,5H2,1-3H3. The Bertz CT molecular complexity index is 269. The lowest BCUT2D eigenvalue weighted by atomic mass is 10.1. The van der Waals surface area contributed by atoms with Crippen molar-refractivity contribution in [2.45, 2.75) is 27.4 Å². The monoisotopic (exact) mass is 151 g/mol. The van der Waals surface area contributed by atoms with Gasteiger partial charge in [-0.25, -0.2) is 0 Å². The molecule has 0 radical (unpaired) electrons. The highest BCUT2D eigenvalue weighted by molar-refractivity contribution is 5.27. The van der Waals surface area contributed by atoms with Gasteiger partial charge in [0.05, 0.1) is 12.3 Å². The predicted molar refractivity (Wildman–Crippen MR) is 44.4 cm³/mol. The van der Waals surface area contributed by atoms with Crippen molar-refractivity contribution in [2.24, 2.45) is 0 Å². The molecule has 0 aliphatic heterocycles. The molecule has 0 aromatic carbocycles. The second-order valence-corrected chi connectivity index (χ2v) is 2.81. The zero-order valence-corrected chi connectivity index (χ0v) is 7.18. The van der Waals surface area contributed by atoms with Gasteiger partial charge in [0.2, 0.25) is 0 Å². The highest BCUT2D eigenvalue weighted by atomic mass is 16.3. The van der Waals surface area contributed by atoms with Crippen molar-refractivity contribution in [2.75, 3.05) is 0 Å². The molecule has 1 aromatic rings. The first-order valence-corrected chi connectivity index (χ1v) is 3.69. The van der Waals surface area contributed by atoms with Gasteiger partial charge in [-0.3, -0.25) is 4.98 Å². The number of hydrogen-bond acceptors (Lipinski definition) is 2. The fourth-order valence-electron chi connectivity index (χ4n) is 1.05. The molecule has 60 valence electrons. The first-order chi connectivity index (χ1) is 5.15. The number of aliphatic hydroxyl groups is 1. The first-order valence-electron chi connectivity index (χ1n) is 3.69. The van der Waals surface area contributed by atoms with Crippen LogP contribution in [0.4, 0.5) is 0 Å². The summed E-state index contributed by atoms with van der Waals surface area (Å²) >= 11 is 0. The first kappa shape index (κ1) is 8.21. The Morgan fingerprint density at radius 1 is 1.27 bits per heavy atom. The van der Waals surface area contributed by atoms with Crippen LogP contribution in [0.3, 0.4) is 0 Å². The van der Waals surface area contributed by atoms with E-state index in [0.29, 0.717) is 0 Å². The second-order valence-electron chi connectivity index (χ2n) is 2.81. The summed E-state index contributed by atoms with van der Waals surface area (Å²) in [7, 11) is 0. The van der Waals surface area contributed by atoms with Gasteiger partial charge in [0, 0.05) is 5.69 Å². The number of nitrogens with zero attached hydrogens (tertiary/aromatic N) is 1. The van der Waals surface area contributed by atoms with E-state index in [-0.39, 0.29) is 6.61 Å². The van der Waals surface area contributed by atoms with Crippen molar-refractivity contribution in [3.8, 4) is 0 Å². The zero-order chi connectivity index (χ0) is 8.43. The Kier molecular flexibility index (Phi) is 2.25. The Labute approximate surface area is 66.9 Å². The van der Waals surface area contributed by atoms with Crippen molar-refractivity contribution in [3.05, 3.63) is 28.6 Å². The maximum Gasteiger partial charge on any atom is 0.0855 e. The maximum atomic E-state index is 8.87.